The average molecular weight is 359 g/mol. The summed E-state index contributed by atoms with van der Waals surface area (Å²) in [5.74, 6) is 1.89. The second-order valence-corrected chi connectivity index (χ2v) is 5.46. The quantitative estimate of drug-likeness (QED) is 0.660. The first-order valence-corrected chi connectivity index (χ1v) is 7.21. The van der Waals surface area contributed by atoms with Gasteiger partial charge in [0.05, 0.1) is 6.54 Å². The smallest absolute Gasteiger partial charge is 0.193 e. The monoisotopic (exact) mass is 359 g/mol. The summed E-state index contributed by atoms with van der Waals surface area (Å²) < 4.78 is 6.87. The molecule has 0 aliphatic carbocycles. The fourth-order valence-corrected chi connectivity index (χ4v) is 2.13. The van der Waals surface area contributed by atoms with Gasteiger partial charge in [0.15, 0.2) is 5.96 Å². The molecule has 1 heterocycles. The summed E-state index contributed by atoms with van der Waals surface area (Å²) >= 11 is 2.28. The summed E-state index contributed by atoms with van der Waals surface area (Å²) in [6.07, 6.45) is 1.14. The van der Waals surface area contributed by atoms with Gasteiger partial charge in [0, 0.05) is 23.7 Å². The molecule has 2 rings (SSSR count). The van der Waals surface area contributed by atoms with Crippen LogP contribution in [0.15, 0.2) is 29.3 Å². The van der Waals surface area contributed by atoms with Gasteiger partial charge >= 0.3 is 0 Å². The summed E-state index contributed by atoms with van der Waals surface area (Å²) in [4.78, 5) is 6.59. The van der Waals surface area contributed by atoms with Gasteiger partial charge in [-0.2, -0.15) is 0 Å². The van der Waals surface area contributed by atoms with E-state index in [2.05, 4.69) is 44.8 Å². The third kappa shape index (κ3) is 4.04. The van der Waals surface area contributed by atoms with E-state index in [1.54, 1.807) is 0 Å². The summed E-state index contributed by atoms with van der Waals surface area (Å²) in [6, 6.07) is 8.07. The lowest BCUT2D eigenvalue weighted by Crippen LogP contribution is -2.43. The largest absolute Gasteiger partial charge is 0.492 e. The Morgan fingerprint density at radius 1 is 1.39 bits per heavy atom. The van der Waals surface area contributed by atoms with Gasteiger partial charge in [-0.15, -0.1) is 0 Å². The molecule has 1 aromatic rings. The van der Waals surface area contributed by atoms with Crippen LogP contribution in [0.25, 0.3) is 0 Å². The molecule has 1 N–H and O–H groups in total. The predicted octanol–water partition coefficient (Wildman–Crippen LogP) is 1.95. The number of ether oxygens (including phenoxy) is 1. The lowest BCUT2D eigenvalue weighted by Gasteiger charge is -2.25. The molecule has 18 heavy (non-hydrogen) atoms. The number of aliphatic imine (C=N–C) groups is 1. The standard InChI is InChI=1S/C13H18IN3O/c1-17-9-2-7-15-13(17)16-8-10-18-12-5-3-11(14)4-6-12/h3-6H,2,7-10H2,1H3,(H,15,16). The first-order chi connectivity index (χ1) is 8.75. The zero-order valence-electron chi connectivity index (χ0n) is 10.5. The third-order valence-electron chi connectivity index (χ3n) is 2.74. The van der Waals surface area contributed by atoms with Gasteiger partial charge in [-0.25, -0.2) is 0 Å². The molecule has 1 aliphatic rings. The molecule has 1 aliphatic heterocycles. The minimum Gasteiger partial charge on any atom is -0.492 e. The molecular formula is C13H18IN3O. The Balaban J connectivity index is 1.69. The van der Waals surface area contributed by atoms with Crippen LogP contribution in [0.5, 0.6) is 5.75 Å². The lowest BCUT2D eigenvalue weighted by atomic mass is 10.3. The third-order valence-corrected chi connectivity index (χ3v) is 3.46. The van der Waals surface area contributed by atoms with Gasteiger partial charge in [0.2, 0.25) is 0 Å². The van der Waals surface area contributed by atoms with Gasteiger partial charge in [0.1, 0.15) is 12.4 Å². The van der Waals surface area contributed by atoms with E-state index in [0.29, 0.717) is 6.61 Å². The fourth-order valence-electron chi connectivity index (χ4n) is 1.77. The summed E-state index contributed by atoms with van der Waals surface area (Å²) in [7, 11) is 2.06. The van der Waals surface area contributed by atoms with Crippen molar-refractivity contribution in [2.24, 2.45) is 4.99 Å². The van der Waals surface area contributed by atoms with Crippen LogP contribution in [-0.2, 0) is 0 Å². The van der Waals surface area contributed by atoms with Gasteiger partial charge < -0.3 is 15.0 Å². The molecule has 98 valence electrons. The van der Waals surface area contributed by atoms with Crippen molar-refractivity contribution >= 4 is 28.6 Å². The van der Waals surface area contributed by atoms with Crippen LogP contribution in [0.1, 0.15) is 6.42 Å². The molecule has 0 radical (unpaired) electrons. The molecule has 0 amide bonds. The molecule has 0 saturated carbocycles. The van der Waals surface area contributed by atoms with Crippen molar-refractivity contribution < 1.29 is 4.74 Å². The molecule has 4 nitrogen and oxygen atoms in total. The lowest BCUT2D eigenvalue weighted by molar-refractivity contribution is 0.318. The molecule has 0 unspecified atom stereocenters. The maximum Gasteiger partial charge on any atom is 0.193 e. The number of rotatable bonds is 4. The van der Waals surface area contributed by atoms with E-state index >= 15 is 0 Å². The Labute approximate surface area is 122 Å². The number of hydrogen-bond donors (Lipinski definition) is 1. The van der Waals surface area contributed by atoms with Crippen molar-refractivity contribution in [3.63, 3.8) is 0 Å². The molecule has 0 fully saturated rings. The zero-order chi connectivity index (χ0) is 12.8. The van der Waals surface area contributed by atoms with E-state index in [1.165, 1.54) is 3.57 Å². The van der Waals surface area contributed by atoms with E-state index in [4.69, 9.17) is 4.74 Å². The molecule has 0 aromatic heterocycles. The number of guanidine groups is 1. The Kier molecular flexibility index (Phi) is 5.10. The molecule has 0 spiro atoms. The van der Waals surface area contributed by atoms with Crippen LogP contribution in [0, 0.1) is 3.57 Å². The van der Waals surface area contributed by atoms with Crippen molar-refractivity contribution in [1.29, 1.82) is 0 Å². The van der Waals surface area contributed by atoms with Crippen molar-refractivity contribution in [3.05, 3.63) is 27.8 Å². The highest BCUT2D eigenvalue weighted by molar-refractivity contribution is 14.1. The number of halogens is 1. The number of benzene rings is 1. The van der Waals surface area contributed by atoms with Gasteiger partial charge in [-0.1, -0.05) is 0 Å². The van der Waals surface area contributed by atoms with Crippen molar-refractivity contribution in [3.8, 4) is 5.75 Å². The van der Waals surface area contributed by atoms with E-state index < -0.39 is 0 Å². The molecule has 1 aromatic carbocycles. The van der Waals surface area contributed by atoms with Crippen molar-refractivity contribution in [2.45, 2.75) is 6.42 Å². The minimum absolute atomic E-state index is 0.646. The second-order valence-electron chi connectivity index (χ2n) is 4.21. The summed E-state index contributed by atoms with van der Waals surface area (Å²) in [5.41, 5.74) is 0. The maximum atomic E-state index is 5.65. The van der Waals surface area contributed by atoms with Crippen molar-refractivity contribution in [1.82, 2.24) is 10.2 Å². The highest BCUT2D eigenvalue weighted by Gasteiger charge is 2.09. The van der Waals surface area contributed by atoms with Crippen LogP contribution < -0.4 is 10.1 Å². The highest BCUT2D eigenvalue weighted by Crippen LogP contribution is 2.12. The number of hydrogen-bond acceptors (Lipinski definition) is 4. The van der Waals surface area contributed by atoms with E-state index in [1.807, 2.05) is 24.3 Å². The predicted molar refractivity (Wildman–Crippen MR) is 82.2 cm³/mol. The molecule has 5 heteroatoms. The van der Waals surface area contributed by atoms with Crippen LogP contribution in [0.3, 0.4) is 0 Å². The van der Waals surface area contributed by atoms with Crippen LogP contribution >= 0.6 is 22.6 Å². The Bertz CT molecular complexity index is 405. The minimum atomic E-state index is 0.646. The molecule has 0 atom stereocenters. The van der Waals surface area contributed by atoms with Crippen LogP contribution in [-0.4, -0.2) is 44.1 Å². The first kappa shape index (κ1) is 13.5. The molecule has 0 saturated heterocycles. The van der Waals surface area contributed by atoms with Crippen molar-refractivity contribution in [2.75, 3.05) is 33.3 Å². The first-order valence-electron chi connectivity index (χ1n) is 6.13. The summed E-state index contributed by atoms with van der Waals surface area (Å²) in [6.45, 7) is 3.41. The Morgan fingerprint density at radius 2 is 2.17 bits per heavy atom. The topological polar surface area (TPSA) is 36.9 Å². The maximum absolute atomic E-state index is 5.65. The number of nitrogens with one attached hydrogen (secondary N) is 1. The van der Waals surface area contributed by atoms with E-state index in [0.717, 1.165) is 37.8 Å². The molecule has 0 bridgehead atoms. The average Bonchev–Trinajstić information content (AvgIpc) is 2.39. The second kappa shape index (κ2) is 6.82. The van der Waals surface area contributed by atoms with Crippen LogP contribution in [0.2, 0.25) is 0 Å². The normalized spacial score (nSPS) is 15.2. The zero-order valence-corrected chi connectivity index (χ0v) is 12.7. The van der Waals surface area contributed by atoms with Gasteiger partial charge in [0.25, 0.3) is 0 Å². The highest BCUT2D eigenvalue weighted by atomic mass is 127. The van der Waals surface area contributed by atoms with E-state index in [-0.39, 0.29) is 0 Å². The Hall–Kier alpha value is -0.980. The Morgan fingerprint density at radius 3 is 2.89 bits per heavy atom. The number of nitrogens with zero attached hydrogens (tertiary/aromatic N) is 2. The SMILES string of the molecule is CN1CCCN=C1NCCOc1ccc(I)cc1. The van der Waals surface area contributed by atoms with Gasteiger partial charge in [-0.05, 0) is 53.3 Å². The fraction of sp³-hybridized carbons (Fsp3) is 0.462. The van der Waals surface area contributed by atoms with E-state index in [9.17, 15) is 0 Å². The summed E-state index contributed by atoms with van der Waals surface area (Å²) in [5, 5.41) is 3.30. The van der Waals surface area contributed by atoms with Gasteiger partial charge in [-0.3, -0.25) is 4.99 Å². The molecular weight excluding hydrogens is 341 g/mol. The van der Waals surface area contributed by atoms with Crippen LogP contribution in [0.4, 0.5) is 0 Å².